The predicted molar refractivity (Wildman–Crippen MR) is 65.3 cm³/mol. The van der Waals surface area contributed by atoms with E-state index in [0.29, 0.717) is 10.6 Å². The molecule has 17 heavy (non-hydrogen) atoms. The molecule has 1 aromatic rings. The molecule has 0 spiro atoms. The fraction of sp³-hybridized carbons (Fsp3) is 0.455. The number of halogens is 1. The third-order valence-corrected chi connectivity index (χ3v) is 4.88. The summed E-state index contributed by atoms with van der Waals surface area (Å²) in [6, 6.07) is 4.32. The van der Waals surface area contributed by atoms with Crippen LogP contribution in [-0.2, 0) is 16.6 Å². The Labute approximate surface area is 106 Å². The van der Waals surface area contributed by atoms with Crippen LogP contribution in [-0.4, -0.2) is 19.1 Å². The molecule has 0 atom stereocenters. The lowest BCUT2D eigenvalue weighted by molar-refractivity contribution is 0.281. The molecule has 0 amide bonds. The van der Waals surface area contributed by atoms with Gasteiger partial charge in [0.25, 0.3) is 0 Å². The maximum Gasteiger partial charge on any atom is 0.241 e. The average molecular weight is 276 g/mol. The smallest absolute Gasteiger partial charge is 0.241 e. The minimum Gasteiger partial charge on any atom is -0.392 e. The van der Waals surface area contributed by atoms with Crippen LogP contribution in [0.15, 0.2) is 23.1 Å². The van der Waals surface area contributed by atoms with Gasteiger partial charge in [0.05, 0.1) is 11.5 Å². The Bertz CT molecular complexity index is 538. The van der Waals surface area contributed by atoms with Crippen LogP contribution in [0.25, 0.3) is 0 Å². The monoisotopic (exact) mass is 275 g/mol. The number of benzene rings is 1. The normalized spacial score (nSPS) is 18.1. The van der Waals surface area contributed by atoms with Crippen molar-refractivity contribution in [2.24, 2.45) is 0 Å². The average Bonchev–Trinajstić information content (AvgIpc) is 2.95. The van der Waals surface area contributed by atoms with Crippen molar-refractivity contribution in [2.45, 2.75) is 36.8 Å². The van der Waals surface area contributed by atoms with Gasteiger partial charge in [-0.2, -0.15) is 0 Å². The van der Waals surface area contributed by atoms with Crippen molar-refractivity contribution in [3.8, 4) is 0 Å². The van der Waals surface area contributed by atoms with Gasteiger partial charge in [0.2, 0.25) is 10.0 Å². The van der Waals surface area contributed by atoms with Crippen molar-refractivity contribution in [1.29, 1.82) is 0 Å². The molecule has 6 heteroatoms. The van der Waals surface area contributed by atoms with Crippen LogP contribution in [0.1, 0.15) is 25.3 Å². The van der Waals surface area contributed by atoms with Gasteiger partial charge in [0, 0.05) is 10.6 Å². The molecule has 4 nitrogen and oxygen atoms in total. The fourth-order valence-electron chi connectivity index (χ4n) is 1.51. The molecule has 0 aliphatic heterocycles. The fourth-order valence-corrected chi connectivity index (χ4v) is 3.20. The van der Waals surface area contributed by atoms with Crippen molar-refractivity contribution in [3.05, 3.63) is 28.8 Å². The Morgan fingerprint density at radius 3 is 2.65 bits per heavy atom. The van der Waals surface area contributed by atoms with Crippen LogP contribution in [0.4, 0.5) is 0 Å². The van der Waals surface area contributed by atoms with Gasteiger partial charge < -0.3 is 5.11 Å². The number of aliphatic hydroxyl groups excluding tert-OH is 1. The number of sulfonamides is 1. The molecule has 1 aromatic carbocycles. The molecular weight excluding hydrogens is 262 g/mol. The van der Waals surface area contributed by atoms with Gasteiger partial charge in [0.1, 0.15) is 0 Å². The second kappa shape index (κ2) is 4.24. The van der Waals surface area contributed by atoms with E-state index in [1.54, 1.807) is 0 Å². The van der Waals surface area contributed by atoms with E-state index in [4.69, 9.17) is 16.7 Å². The summed E-state index contributed by atoms with van der Waals surface area (Å²) in [4.78, 5) is 0.138. The van der Waals surface area contributed by atoms with Gasteiger partial charge in [-0.05, 0) is 43.5 Å². The van der Waals surface area contributed by atoms with E-state index in [2.05, 4.69) is 4.72 Å². The molecule has 0 bridgehead atoms. The molecule has 0 aromatic heterocycles. The summed E-state index contributed by atoms with van der Waals surface area (Å²) in [6.07, 6.45) is 1.71. The van der Waals surface area contributed by atoms with E-state index >= 15 is 0 Å². The van der Waals surface area contributed by atoms with Crippen LogP contribution >= 0.6 is 11.6 Å². The van der Waals surface area contributed by atoms with E-state index in [1.807, 2.05) is 6.92 Å². The van der Waals surface area contributed by atoms with Crippen LogP contribution in [0.5, 0.6) is 0 Å². The summed E-state index contributed by atoms with van der Waals surface area (Å²) < 4.78 is 26.7. The van der Waals surface area contributed by atoms with Crippen molar-refractivity contribution in [1.82, 2.24) is 4.72 Å². The Morgan fingerprint density at radius 2 is 2.12 bits per heavy atom. The van der Waals surface area contributed by atoms with E-state index in [1.165, 1.54) is 18.2 Å². The van der Waals surface area contributed by atoms with Gasteiger partial charge >= 0.3 is 0 Å². The van der Waals surface area contributed by atoms with Gasteiger partial charge in [-0.3, -0.25) is 0 Å². The second-order valence-corrected chi connectivity index (χ2v) is 6.67. The number of hydrogen-bond donors (Lipinski definition) is 2. The first-order valence-electron chi connectivity index (χ1n) is 5.30. The highest BCUT2D eigenvalue weighted by atomic mass is 35.5. The zero-order valence-electron chi connectivity index (χ0n) is 9.40. The molecule has 1 aliphatic rings. The summed E-state index contributed by atoms with van der Waals surface area (Å²) in [6.45, 7) is 1.59. The second-order valence-electron chi connectivity index (χ2n) is 4.58. The third kappa shape index (κ3) is 2.80. The highest BCUT2D eigenvalue weighted by Gasteiger charge is 2.41. The predicted octanol–water partition coefficient (Wildman–Crippen LogP) is 1.66. The summed E-state index contributed by atoms with van der Waals surface area (Å²) in [5, 5.41) is 9.42. The van der Waals surface area contributed by atoms with Crippen LogP contribution < -0.4 is 4.72 Å². The van der Waals surface area contributed by atoms with Gasteiger partial charge in [-0.1, -0.05) is 11.6 Å². The molecule has 1 fully saturated rings. The molecule has 94 valence electrons. The largest absolute Gasteiger partial charge is 0.392 e. The SMILES string of the molecule is CC1(NS(=O)(=O)c2ccc(Cl)c(CO)c2)CC1. The molecule has 1 saturated carbocycles. The Morgan fingerprint density at radius 1 is 1.47 bits per heavy atom. The Hall–Kier alpha value is -0.620. The summed E-state index contributed by atoms with van der Waals surface area (Å²) in [5.41, 5.74) is 0.105. The van der Waals surface area contributed by atoms with Crippen molar-refractivity contribution in [3.63, 3.8) is 0 Å². The van der Waals surface area contributed by atoms with Crippen molar-refractivity contribution in [2.75, 3.05) is 0 Å². The molecule has 0 heterocycles. The zero-order valence-corrected chi connectivity index (χ0v) is 11.0. The Balaban J connectivity index is 2.32. The van der Waals surface area contributed by atoms with Crippen molar-refractivity contribution < 1.29 is 13.5 Å². The molecule has 0 unspecified atom stereocenters. The number of aliphatic hydroxyl groups is 1. The van der Waals surface area contributed by atoms with E-state index < -0.39 is 10.0 Å². The van der Waals surface area contributed by atoms with Gasteiger partial charge in [-0.25, -0.2) is 13.1 Å². The minimum absolute atomic E-state index is 0.138. The van der Waals surface area contributed by atoms with Crippen LogP contribution in [0, 0.1) is 0 Å². The molecule has 0 radical (unpaired) electrons. The number of nitrogens with one attached hydrogen (secondary N) is 1. The quantitative estimate of drug-likeness (QED) is 0.878. The maximum atomic E-state index is 12.0. The minimum atomic E-state index is -3.52. The number of hydrogen-bond acceptors (Lipinski definition) is 3. The molecule has 1 aliphatic carbocycles. The van der Waals surface area contributed by atoms with Gasteiger partial charge in [-0.15, -0.1) is 0 Å². The zero-order chi connectivity index (χ0) is 12.7. The van der Waals surface area contributed by atoms with Crippen LogP contribution in [0.2, 0.25) is 5.02 Å². The summed E-state index contributed by atoms with van der Waals surface area (Å²) in [7, 11) is -3.52. The molecule has 2 N–H and O–H groups in total. The standard InChI is InChI=1S/C11H14ClNO3S/c1-11(4-5-11)13-17(15,16)9-2-3-10(12)8(6-9)7-14/h2-3,6,13-14H,4-5,7H2,1H3. The highest BCUT2D eigenvalue weighted by Crippen LogP contribution is 2.36. The highest BCUT2D eigenvalue weighted by molar-refractivity contribution is 7.89. The third-order valence-electron chi connectivity index (χ3n) is 2.88. The van der Waals surface area contributed by atoms with E-state index in [-0.39, 0.29) is 17.0 Å². The number of rotatable bonds is 4. The molecular formula is C11H14ClNO3S. The van der Waals surface area contributed by atoms with Crippen molar-refractivity contribution >= 4 is 21.6 Å². The van der Waals surface area contributed by atoms with Gasteiger partial charge in [0.15, 0.2) is 0 Å². The lowest BCUT2D eigenvalue weighted by atomic mass is 10.2. The van der Waals surface area contributed by atoms with Crippen LogP contribution in [0.3, 0.4) is 0 Å². The first-order valence-corrected chi connectivity index (χ1v) is 7.16. The summed E-state index contributed by atoms with van der Waals surface area (Å²) >= 11 is 5.82. The first kappa shape index (κ1) is 12.8. The lowest BCUT2D eigenvalue weighted by Gasteiger charge is -2.13. The maximum absolute atomic E-state index is 12.0. The van der Waals surface area contributed by atoms with E-state index in [0.717, 1.165) is 12.8 Å². The first-order chi connectivity index (χ1) is 7.86. The molecule has 2 rings (SSSR count). The van der Waals surface area contributed by atoms with E-state index in [9.17, 15) is 8.42 Å². The summed E-state index contributed by atoms with van der Waals surface area (Å²) in [5.74, 6) is 0. The lowest BCUT2D eigenvalue weighted by Crippen LogP contribution is -2.34. The Kier molecular flexibility index (Phi) is 3.20. The molecule has 0 saturated heterocycles. The topological polar surface area (TPSA) is 66.4 Å².